The first-order valence-electron chi connectivity index (χ1n) is 8.35. The third-order valence-electron chi connectivity index (χ3n) is 4.79. The molecule has 0 unspecified atom stereocenters. The lowest BCUT2D eigenvalue weighted by Gasteiger charge is -2.32. The number of methoxy groups -OCH3 is 1. The topological polar surface area (TPSA) is 74.3 Å². The van der Waals surface area contributed by atoms with Crippen LogP contribution in [0.1, 0.15) is 19.8 Å². The van der Waals surface area contributed by atoms with Gasteiger partial charge in [-0.3, -0.25) is 13.9 Å². The summed E-state index contributed by atoms with van der Waals surface area (Å²) in [4.78, 5) is 31.8. The van der Waals surface area contributed by atoms with Crippen LogP contribution in [0.4, 0.5) is 5.95 Å². The van der Waals surface area contributed by atoms with Crippen molar-refractivity contribution in [3.05, 3.63) is 20.8 Å². The summed E-state index contributed by atoms with van der Waals surface area (Å²) < 4.78 is 9.68. The third-order valence-corrected chi connectivity index (χ3v) is 4.79. The van der Waals surface area contributed by atoms with Gasteiger partial charge in [0.15, 0.2) is 11.2 Å². The number of ether oxygens (including phenoxy) is 1. The van der Waals surface area contributed by atoms with Gasteiger partial charge in [0.1, 0.15) is 0 Å². The lowest BCUT2D eigenvalue weighted by atomic mass is 10.0. The number of hydrogen-bond acceptors (Lipinski definition) is 5. The van der Waals surface area contributed by atoms with Crippen LogP contribution in [0.15, 0.2) is 9.59 Å². The summed E-state index contributed by atoms with van der Waals surface area (Å²) in [6, 6.07) is 0. The Hall–Kier alpha value is -2.09. The number of anilines is 1. The predicted octanol–water partition coefficient (Wildman–Crippen LogP) is 0.316. The molecule has 1 aliphatic heterocycles. The minimum Gasteiger partial charge on any atom is -0.383 e. The highest BCUT2D eigenvalue weighted by Gasteiger charge is 2.25. The summed E-state index contributed by atoms with van der Waals surface area (Å²) in [5.74, 6) is 1.34. The highest BCUT2D eigenvalue weighted by Crippen LogP contribution is 2.25. The van der Waals surface area contributed by atoms with Crippen molar-refractivity contribution in [3.8, 4) is 0 Å². The molecule has 24 heavy (non-hydrogen) atoms. The fraction of sp³-hybridized carbons (Fsp3) is 0.688. The van der Waals surface area contributed by atoms with Crippen LogP contribution in [0, 0.1) is 5.92 Å². The molecule has 2 aromatic rings. The largest absolute Gasteiger partial charge is 0.383 e. The van der Waals surface area contributed by atoms with E-state index in [0.717, 1.165) is 30.0 Å². The highest BCUT2D eigenvalue weighted by molar-refractivity contribution is 5.74. The van der Waals surface area contributed by atoms with Gasteiger partial charge in [0.05, 0.1) is 6.61 Å². The van der Waals surface area contributed by atoms with Crippen molar-refractivity contribution in [1.29, 1.82) is 0 Å². The summed E-state index contributed by atoms with van der Waals surface area (Å²) in [6.07, 6.45) is 2.31. The molecule has 1 saturated heterocycles. The Labute approximate surface area is 140 Å². The van der Waals surface area contributed by atoms with Crippen LogP contribution in [0.2, 0.25) is 0 Å². The third kappa shape index (κ3) is 2.64. The monoisotopic (exact) mass is 335 g/mol. The normalized spacial score (nSPS) is 18.5. The Morgan fingerprint density at radius 3 is 2.67 bits per heavy atom. The van der Waals surface area contributed by atoms with E-state index in [4.69, 9.17) is 4.74 Å². The first-order chi connectivity index (χ1) is 11.5. The maximum Gasteiger partial charge on any atom is 0.332 e. The maximum absolute atomic E-state index is 12.7. The number of piperidine rings is 1. The van der Waals surface area contributed by atoms with Crippen molar-refractivity contribution in [2.75, 3.05) is 31.7 Å². The summed E-state index contributed by atoms with van der Waals surface area (Å²) >= 11 is 0. The zero-order chi connectivity index (χ0) is 17.4. The summed E-state index contributed by atoms with van der Waals surface area (Å²) in [5, 5.41) is 0. The zero-order valence-electron chi connectivity index (χ0n) is 14.8. The van der Waals surface area contributed by atoms with Crippen molar-refractivity contribution in [2.24, 2.45) is 20.0 Å². The summed E-state index contributed by atoms with van der Waals surface area (Å²) in [6.45, 7) is 5.05. The Morgan fingerprint density at radius 1 is 1.25 bits per heavy atom. The Morgan fingerprint density at radius 2 is 2.00 bits per heavy atom. The van der Waals surface area contributed by atoms with Crippen LogP contribution >= 0.6 is 0 Å². The van der Waals surface area contributed by atoms with Gasteiger partial charge in [-0.25, -0.2) is 4.79 Å². The van der Waals surface area contributed by atoms with Gasteiger partial charge >= 0.3 is 5.69 Å². The smallest absolute Gasteiger partial charge is 0.332 e. The quantitative estimate of drug-likeness (QED) is 0.804. The second-order valence-corrected chi connectivity index (χ2v) is 6.63. The van der Waals surface area contributed by atoms with Gasteiger partial charge in [-0.15, -0.1) is 0 Å². The number of rotatable bonds is 4. The molecule has 3 heterocycles. The standard InChI is InChI=1S/C16H25N5O3/c1-11-6-5-7-20(10-11)15-17-13-12(21(15)8-9-24-4)14(22)19(3)16(23)18(13)2/h11H,5-10H2,1-4H3/t11-/m0/s1. The molecule has 0 amide bonds. The van der Waals surface area contributed by atoms with Crippen LogP contribution in [0.25, 0.3) is 11.2 Å². The first kappa shape index (κ1) is 16.8. The van der Waals surface area contributed by atoms with Gasteiger partial charge in [0, 0.05) is 40.8 Å². The van der Waals surface area contributed by atoms with Crippen LogP contribution in [-0.2, 0) is 25.4 Å². The zero-order valence-corrected chi connectivity index (χ0v) is 14.8. The van der Waals surface area contributed by atoms with Gasteiger partial charge in [-0.05, 0) is 18.8 Å². The van der Waals surface area contributed by atoms with Gasteiger partial charge < -0.3 is 14.2 Å². The average molecular weight is 335 g/mol. The molecular weight excluding hydrogens is 310 g/mol. The number of hydrogen-bond donors (Lipinski definition) is 0. The van der Waals surface area contributed by atoms with E-state index in [1.54, 1.807) is 14.2 Å². The molecule has 8 nitrogen and oxygen atoms in total. The molecule has 0 spiro atoms. The molecule has 2 aromatic heterocycles. The van der Waals surface area contributed by atoms with E-state index in [2.05, 4.69) is 16.8 Å². The molecule has 132 valence electrons. The molecule has 1 aliphatic rings. The second kappa shape index (κ2) is 6.43. The summed E-state index contributed by atoms with van der Waals surface area (Å²) in [5.41, 5.74) is 0.229. The molecule has 0 radical (unpaired) electrons. The fourth-order valence-electron chi connectivity index (χ4n) is 3.44. The van der Waals surface area contributed by atoms with E-state index in [0.29, 0.717) is 30.2 Å². The molecule has 0 aromatic carbocycles. The highest BCUT2D eigenvalue weighted by atomic mass is 16.5. The van der Waals surface area contributed by atoms with E-state index >= 15 is 0 Å². The van der Waals surface area contributed by atoms with Crippen LogP contribution < -0.4 is 16.1 Å². The number of aromatic nitrogens is 4. The van der Waals surface area contributed by atoms with E-state index in [-0.39, 0.29) is 11.2 Å². The van der Waals surface area contributed by atoms with Crippen LogP contribution in [-0.4, -0.2) is 45.5 Å². The Kier molecular flexibility index (Phi) is 4.49. The lowest BCUT2D eigenvalue weighted by molar-refractivity contribution is 0.188. The van der Waals surface area contributed by atoms with Gasteiger partial charge in [0.25, 0.3) is 5.56 Å². The van der Waals surface area contributed by atoms with Crippen molar-refractivity contribution in [1.82, 2.24) is 18.7 Å². The van der Waals surface area contributed by atoms with Crippen molar-refractivity contribution in [3.63, 3.8) is 0 Å². The van der Waals surface area contributed by atoms with Crippen molar-refractivity contribution >= 4 is 17.1 Å². The van der Waals surface area contributed by atoms with Crippen LogP contribution in [0.5, 0.6) is 0 Å². The molecule has 3 rings (SSSR count). The number of fused-ring (bicyclic) bond motifs is 1. The molecule has 0 saturated carbocycles. The molecule has 0 bridgehead atoms. The maximum atomic E-state index is 12.7. The lowest BCUT2D eigenvalue weighted by Crippen LogP contribution is -2.38. The van der Waals surface area contributed by atoms with E-state index in [9.17, 15) is 9.59 Å². The van der Waals surface area contributed by atoms with Crippen LogP contribution in [0.3, 0.4) is 0 Å². The van der Waals surface area contributed by atoms with E-state index < -0.39 is 0 Å². The SMILES string of the molecule is COCCn1c(N2CCC[C@H](C)C2)nc2c1c(=O)n(C)c(=O)n2C. The van der Waals surface area contributed by atoms with Gasteiger partial charge in [-0.2, -0.15) is 4.98 Å². The van der Waals surface area contributed by atoms with Crippen molar-refractivity contribution < 1.29 is 4.74 Å². The molecule has 0 N–H and O–H groups in total. The Balaban J connectivity index is 2.24. The number of aryl methyl sites for hydroxylation is 1. The molecule has 8 heteroatoms. The Bertz CT molecular complexity index is 863. The molecule has 1 fully saturated rings. The number of imidazole rings is 1. The molecule has 1 atom stereocenters. The minimum atomic E-state index is -0.359. The van der Waals surface area contributed by atoms with Crippen molar-refractivity contribution in [2.45, 2.75) is 26.3 Å². The minimum absolute atomic E-state index is 0.312. The number of nitrogens with zero attached hydrogens (tertiary/aromatic N) is 5. The van der Waals surface area contributed by atoms with Gasteiger partial charge in [0.2, 0.25) is 5.95 Å². The molecule has 0 aliphatic carbocycles. The second-order valence-electron chi connectivity index (χ2n) is 6.63. The van der Waals surface area contributed by atoms with Gasteiger partial charge in [-0.1, -0.05) is 6.92 Å². The predicted molar refractivity (Wildman–Crippen MR) is 92.7 cm³/mol. The molecular formula is C16H25N5O3. The first-order valence-corrected chi connectivity index (χ1v) is 8.35. The van der Waals surface area contributed by atoms with E-state index in [1.165, 1.54) is 18.0 Å². The summed E-state index contributed by atoms with van der Waals surface area (Å²) in [7, 11) is 4.79. The average Bonchev–Trinajstić information content (AvgIpc) is 2.95. The fourth-order valence-corrected chi connectivity index (χ4v) is 3.44. The van der Waals surface area contributed by atoms with E-state index in [1.807, 2.05) is 4.57 Å².